The lowest BCUT2D eigenvalue weighted by molar-refractivity contribution is -0.132. The highest BCUT2D eigenvalue weighted by Gasteiger charge is 2.22. The molecule has 0 unspecified atom stereocenters. The van der Waals surface area contributed by atoms with Gasteiger partial charge in [0.2, 0.25) is 11.8 Å². The number of aromatic nitrogens is 2. The van der Waals surface area contributed by atoms with Crippen molar-refractivity contribution in [2.75, 3.05) is 18.4 Å². The molecular weight excluding hydrogens is 323 g/mol. The number of carbonyl (C=O) groups excluding carboxylic acids is 1. The summed E-state index contributed by atoms with van der Waals surface area (Å²) < 4.78 is 18.0. The molecule has 0 aliphatic carbocycles. The molecule has 0 radical (unpaired) electrons. The smallest absolute Gasteiger partial charge is 0.226 e. The number of hydrogen-bond donors (Lipinski definition) is 1. The minimum atomic E-state index is -0.235. The normalized spacial score (nSPS) is 15.4. The Morgan fingerprint density at radius 3 is 2.68 bits per heavy atom. The molecule has 2 heterocycles. The summed E-state index contributed by atoms with van der Waals surface area (Å²) in [5.41, 5.74) is 0.918. The van der Waals surface area contributed by atoms with Crippen LogP contribution in [0.1, 0.15) is 37.4 Å². The molecular formula is C18H23FN4O2. The van der Waals surface area contributed by atoms with E-state index >= 15 is 0 Å². The molecule has 7 heteroatoms. The minimum Gasteiger partial charge on any atom is -0.382 e. The molecule has 0 spiro atoms. The highest BCUT2D eigenvalue weighted by molar-refractivity contribution is 5.76. The number of piperidine rings is 1. The monoisotopic (exact) mass is 346 g/mol. The molecule has 1 saturated heterocycles. The minimum absolute atomic E-state index is 0.177. The van der Waals surface area contributed by atoms with Gasteiger partial charge in [0.05, 0.1) is 0 Å². The van der Waals surface area contributed by atoms with Gasteiger partial charge in [0.1, 0.15) is 5.82 Å². The summed E-state index contributed by atoms with van der Waals surface area (Å²) in [7, 11) is 0. The third kappa shape index (κ3) is 5.01. The quantitative estimate of drug-likeness (QED) is 0.871. The number of hydrogen-bond acceptors (Lipinski definition) is 5. The maximum atomic E-state index is 12.9. The Balaban J connectivity index is 1.37. The summed E-state index contributed by atoms with van der Waals surface area (Å²) in [5, 5.41) is 7.14. The number of aryl methyl sites for hydroxylation is 2. The van der Waals surface area contributed by atoms with Gasteiger partial charge in [0.25, 0.3) is 0 Å². The van der Waals surface area contributed by atoms with Crippen molar-refractivity contribution in [1.82, 2.24) is 15.0 Å². The third-order valence-electron chi connectivity index (χ3n) is 4.41. The number of amides is 1. The van der Waals surface area contributed by atoms with Crippen molar-refractivity contribution in [3.63, 3.8) is 0 Å². The van der Waals surface area contributed by atoms with Crippen molar-refractivity contribution < 1.29 is 13.7 Å². The molecule has 2 aromatic rings. The van der Waals surface area contributed by atoms with E-state index in [1.807, 2.05) is 4.90 Å². The van der Waals surface area contributed by atoms with E-state index in [0.717, 1.165) is 31.6 Å². The maximum absolute atomic E-state index is 12.9. The van der Waals surface area contributed by atoms with Gasteiger partial charge in [-0.1, -0.05) is 5.16 Å². The molecule has 1 aliphatic rings. The van der Waals surface area contributed by atoms with Gasteiger partial charge in [0.15, 0.2) is 5.82 Å². The van der Waals surface area contributed by atoms with E-state index in [1.165, 1.54) is 12.1 Å². The summed E-state index contributed by atoms with van der Waals surface area (Å²) >= 11 is 0. The number of likely N-dealkylation sites (tertiary alicyclic amines) is 1. The number of halogens is 1. The number of benzene rings is 1. The lowest BCUT2D eigenvalue weighted by Crippen LogP contribution is -2.42. The molecule has 1 aromatic carbocycles. The standard InChI is InChI=1S/C18H23FN4O2/c1-13-20-17(25-22-13)3-2-4-18(24)23-11-9-16(10-12-23)21-15-7-5-14(19)6-8-15/h5-8,16,21H,2-4,9-12H2,1H3. The summed E-state index contributed by atoms with van der Waals surface area (Å²) in [4.78, 5) is 18.4. The van der Waals surface area contributed by atoms with Crippen LogP contribution in [-0.2, 0) is 11.2 Å². The molecule has 6 nitrogen and oxygen atoms in total. The van der Waals surface area contributed by atoms with Crippen LogP contribution in [0, 0.1) is 12.7 Å². The Kier molecular flexibility index (Phi) is 5.63. The lowest BCUT2D eigenvalue weighted by Gasteiger charge is -2.33. The molecule has 25 heavy (non-hydrogen) atoms. The van der Waals surface area contributed by atoms with E-state index in [2.05, 4.69) is 15.5 Å². The van der Waals surface area contributed by atoms with E-state index in [9.17, 15) is 9.18 Å². The van der Waals surface area contributed by atoms with Crippen LogP contribution >= 0.6 is 0 Å². The molecule has 1 aliphatic heterocycles. The average molecular weight is 346 g/mol. The number of carbonyl (C=O) groups is 1. The summed E-state index contributed by atoms with van der Waals surface area (Å²) in [6, 6.07) is 6.70. The van der Waals surface area contributed by atoms with Crippen molar-refractivity contribution in [1.29, 1.82) is 0 Å². The van der Waals surface area contributed by atoms with Crippen molar-refractivity contribution in [3.05, 3.63) is 41.8 Å². The predicted octanol–water partition coefficient (Wildman–Crippen LogP) is 2.94. The molecule has 1 fully saturated rings. The van der Waals surface area contributed by atoms with Crippen LogP contribution < -0.4 is 5.32 Å². The first-order valence-electron chi connectivity index (χ1n) is 8.69. The van der Waals surface area contributed by atoms with Gasteiger partial charge in [0, 0.05) is 37.7 Å². The molecule has 0 bridgehead atoms. The van der Waals surface area contributed by atoms with Crippen LogP contribution in [0.25, 0.3) is 0 Å². The Bertz CT molecular complexity index is 693. The van der Waals surface area contributed by atoms with Crippen LogP contribution in [0.4, 0.5) is 10.1 Å². The van der Waals surface area contributed by atoms with Crippen LogP contribution in [0.5, 0.6) is 0 Å². The fourth-order valence-electron chi connectivity index (χ4n) is 3.05. The average Bonchev–Trinajstić information content (AvgIpc) is 3.03. The fraction of sp³-hybridized carbons (Fsp3) is 0.500. The largest absolute Gasteiger partial charge is 0.382 e. The topological polar surface area (TPSA) is 71.3 Å². The lowest BCUT2D eigenvalue weighted by atomic mass is 10.0. The zero-order chi connectivity index (χ0) is 17.6. The Labute approximate surface area is 146 Å². The number of nitrogens with zero attached hydrogens (tertiary/aromatic N) is 3. The van der Waals surface area contributed by atoms with Gasteiger partial charge in [-0.25, -0.2) is 4.39 Å². The van der Waals surface area contributed by atoms with E-state index in [-0.39, 0.29) is 11.7 Å². The summed E-state index contributed by atoms with van der Waals surface area (Å²) in [6.45, 7) is 3.27. The Morgan fingerprint density at radius 2 is 2.04 bits per heavy atom. The highest BCUT2D eigenvalue weighted by atomic mass is 19.1. The predicted molar refractivity (Wildman–Crippen MR) is 91.6 cm³/mol. The summed E-state index contributed by atoms with van der Waals surface area (Å²) in [5.74, 6) is 1.16. The SMILES string of the molecule is Cc1noc(CCCC(=O)N2CCC(Nc3ccc(F)cc3)CC2)n1. The van der Waals surface area contributed by atoms with Gasteiger partial charge >= 0.3 is 0 Å². The maximum Gasteiger partial charge on any atom is 0.226 e. The number of rotatable bonds is 6. The van der Waals surface area contributed by atoms with Gasteiger partial charge in [-0.05, 0) is 50.5 Å². The molecule has 1 aromatic heterocycles. The third-order valence-corrected chi connectivity index (χ3v) is 4.41. The first kappa shape index (κ1) is 17.4. The zero-order valence-corrected chi connectivity index (χ0v) is 14.4. The number of nitrogens with one attached hydrogen (secondary N) is 1. The van der Waals surface area contributed by atoms with E-state index in [1.54, 1.807) is 19.1 Å². The van der Waals surface area contributed by atoms with Crippen molar-refractivity contribution in [2.24, 2.45) is 0 Å². The van der Waals surface area contributed by atoms with Crippen LogP contribution in [0.2, 0.25) is 0 Å². The fourth-order valence-corrected chi connectivity index (χ4v) is 3.05. The first-order chi connectivity index (χ1) is 12.1. The van der Waals surface area contributed by atoms with Crippen molar-refractivity contribution >= 4 is 11.6 Å². The van der Waals surface area contributed by atoms with Crippen LogP contribution in [0.15, 0.2) is 28.8 Å². The zero-order valence-electron chi connectivity index (χ0n) is 14.4. The molecule has 0 atom stereocenters. The van der Waals surface area contributed by atoms with E-state index in [0.29, 0.717) is 37.0 Å². The molecule has 3 rings (SSSR count). The molecule has 0 saturated carbocycles. The van der Waals surface area contributed by atoms with Gasteiger partial charge in [-0.2, -0.15) is 4.98 Å². The van der Waals surface area contributed by atoms with Gasteiger partial charge < -0.3 is 14.7 Å². The van der Waals surface area contributed by atoms with E-state index < -0.39 is 0 Å². The first-order valence-corrected chi connectivity index (χ1v) is 8.69. The van der Waals surface area contributed by atoms with Gasteiger partial charge in [-0.3, -0.25) is 4.79 Å². The number of anilines is 1. The van der Waals surface area contributed by atoms with Crippen molar-refractivity contribution in [2.45, 2.75) is 45.1 Å². The Morgan fingerprint density at radius 1 is 1.32 bits per heavy atom. The second-order valence-electron chi connectivity index (χ2n) is 6.40. The van der Waals surface area contributed by atoms with E-state index in [4.69, 9.17) is 4.52 Å². The molecule has 134 valence electrons. The van der Waals surface area contributed by atoms with Crippen molar-refractivity contribution in [3.8, 4) is 0 Å². The second-order valence-corrected chi connectivity index (χ2v) is 6.40. The molecule has 1 amide bonds. The van der Waals surface area contributed by atoms with Crippen LogP contribution in [-0.4, -0.2) is 40.1 Å². The molecule has 1 N–H and O–H groups in total. The Hall–Kier alpha value is -2.44. The summed E-state index contributed by atoms with van der Waals surface area (Å²) in [6.07, 6.45) is 3.64. The second kappa shape index (κ2) is 8.09. The van der Waals surface area contributed by atoms with Gasteiger partial charge in [-0.15, -0.1) is 0 Å². The highest BCUT2D eigenvalue weighted by Crippen LogP contribution is 2.18. The van der Waals surface area contributed by atoms with Crippen LogP contribution in [0.3, 0.4) is 0 Å².